The van der Waals surface area contributed by atoms with Crippen LogP contribution in [0.25, 0.3) is 0 Å². The Morgan fingerprint density at radius 1 is 1.10 bits per heavy atom. The standard InChI is InChI=1S/C18H32N2O/c1-4-7-14-20(6-3)15-13-18(16-21,19-5-2)17-11-9-8-10-12-17/h8-12,19,21H,4-7,13-16H2,1-3H3. The van der Waals surface area contributed by atoms with Gasteiger partial charge in [0.1, 0.15) is 0 Å². The van der Waals surface area contributed by atoms with Gasteiger partial charge in [-0.15, -0.1) is 0 Å². The van der Waals surface area contributed by atoms with Crippen molar-refractivity contribution in [2.75, 3.05) is 32.8 Å². The summed E-state index contributed by atoms with van der Waals surface area (Å²) in [6, 6.07) is 10.3. The molecule has 120 valence electrons. The van der Waals surface area contributed by atoms with E-state index in [2.05, 4.69) is 43.1 Å². The van der Waals surface area contributed by atoms with Crippen LogP contribution in [-0.2, 0) is 5.54 Å². The molecule has 0 aliphatic heterocycles. The van der Waals surface area contributed by atoms with Crippen molar-refractivity contribution in [3.05, 3.63) is 35.9 Å². The molecule has 1 rings (SSSR count). The predicted molar refractivity (Wildman–Crippen MR) is 90.5 cm³/mol. The molecule has 3 nitrogen and oxygen atoms in total. The van der Waals surface area contributed by atoms with Gasteiger partial charge in [-0.2, -0.15) is 0 Å². The first kappa shape index (κ1) is 18.1. The highest BCUT2D eigenvalue weighted by Gasteiger charge is 2.30. The van der Waals surface area contributed by atoms with Gasteiger partial charge >= 0.3 is 0 Å². The first-order chi connectivity index (χ1) is 10.2. The van der Waals surface area contributed by atoms with Gasteiger partial charge in [0.25, 0.3) is 0 Å². The van der Waals surface area contributed by atoms with Crippen molar-refractivity contribution in [1.82, 2.24) is 10.2 Å². The summed E-state index contributed by atoms with van der Waals surface area (Å²) in [7, 11) is 0. The zero-order valence-electron chi connectivity index (χ0n) is 13.9. The largest absolute Gasteiger partial charge is 0.394 e. The van der Waals surface area contributed by atoms with Crippen LogP contribution in [0.4, 0.5) is 0 Å². The van der Waals surface area contributed by atoms with E-state index in [-0.39, 0.29) is 12.1 Å². The number of likely N-dealkylation sites (N-methyl/N-ethyl adjacent to an activating group) is 1. The van der Waals surface area contributed by atoms with E-state index in [9.17, 15) is 5.11 Å². The van der Waals surface area contributed by atoms with Crippen molar-refractivity contribution in [1.29, 1.82) is 0 Å². The van der Waals surface area contributed by atoms with Crippen LogP contribution in [0.15, 0.2) is 30.3 Å². The maximum absolute atomic E-state index is 10.0. The lowest BCUT2D eigenvalue weighted by Crippen LogP contribution is -2.48. The van der Waals surface area contributed by atoms with Crippen LogP contribution >= 0.6 is 0 Å². The second kappa shape index (κ2) is 9.93. The molecule has 21 heavy (non-hydrogen) atoms. The third-order valence-corrected chi connectivity index (χ3v) is 4.24. The van der Waals surface area contributed by atoms with Gasteiger partial charge in [0, 0.05) is 6.54 Å². The van der Waals surface area contributed by atoms with Crippen molar-refractivity contribution in [2.45, 2.75) is 45.6 Å². The lowest BCUT2D eigenvalue weighted by molar-refractivity contribution is 0.134. The predicted octanol–water partition coefficient (Wildman–Crippen LogP) is 3.00. The SMILES string of the molecule is CCCCN(CC)CCC(CO)(NCC)c1ccccc1. The summed E-state index contributed by atoms with van der Waals surface area (Å²) < 4.78 is 0. The molecule has 0 radical (unpaired) electrons. The monoisotopic (exact) mass is 292 g/mol. The molecule has 0 amide bonds. The molecule has 0 spiro atoms. The van der Waals surface area contributed by atoms with Crippen molar-refractivity contribution < 1.29 is 5.11 Å². The van der Waals surface area contributed by atoms with Crippen LogP contribution in [0.1, 0.15) is 45.6 Å². The first-order valence-corrected chi connectivity index (χ1v) is 8.36. The molecule has 1 aromatic rings. The van der Waals surface area contributed by atoms with E-state index in [0.717, 1.165) is 32.6 Å². The highest BCUT2D eigenvalue weighted by atomic mass is 16.3. The molecule has 0 aliphatic carbocycles. The number of aliphatic hydroxyl groups is 1. The fourth-order valence-corrected chi connectivity index (χ4v) is 2.82. The Morgan fingerprint density at radius 3 is 2.33 bits per heavy atom. The van der Waals surface area contributed by atoms with E-state index < -0.39 is 0 Å². The maximum atomic E-state index is 10.0. The van der Waals surface area contributed by atoms with Crippen LogP contribution in [-0.4, -0.2) is 42.8 Å². The lowest BCUT2D eigenvalue weighted by atomic mass is 9.87. The Hall–Kier alpha value is -0.900. The summed E-state index contributed by atoms with van der Waals surface area (Å²) in [6.07, 6.45) is 3.40. The molecule has 0 aromatic heterocycles. The molecule has 2 N–H and O–H groups in total. The fourth-order valence-electron chi connectivity index (χ4n) is 2.82. The minimum absolute atomic E-state index is 0.135. The van der Waals surface area contributed by atoms with Gasteiger partial charge in [-0.1, -0.05) is 57.5 Å². The quantitative estimate of drug-likeness (QED) is 0.658. The van der Waals surface area contributed by atoms with Gasteiger partial charge < -0.3 is 15.3 Å². The molecule has 1 atom stereocenters. The van der Waals surface area contributed by atoms with E-state index >= 15 is 0 Å². The first-order valence-electron chi connectivity index (χ1n) is 8.36. The van der Waals surface area contributed by atoms with Crippen molar-refractivity contribution in [3.63, 3.8) is 0 Å². The third-order valence-electron chi connectivity index (χ3n) is 4.24. The van der Waals surface area contributed by atoms with Gasteiger partial charge in [-0.05, 0) is 38.0 Å². The molecule has 0 fully saturated rings. The summed E-state index contributed by atoms with van der Waals surface area (Å²) in [5.41, 5.74) is 0.858. The Balaban J connectivity index is 2.78. The maximum Gasteiger partial charge on any atom is 0.0681 e. The van der Waals surface area contributed by atoms with E-state index in [4.69, 9.17) is 0 Å². The highest BCUT2D eigenvalue weighted by Crippen LogP contribution is 2.25. The zero-order valence-corrected chi connectivity index (χ0v) is 13.9. The average molecular weight is 292 g/mol. The van der Waals surface area contributed by atoms with Crippen LogP contribution in [0.5, 0.6) is 0 Å². The fraction of sp³-hybridized carbons (Fsp3) is 0.667. The molecule has 0 saturated carbocycles. The molecule has 1 aromatic carbocycles. The molecule has 0 bridgehead atoms. The zero-order chi connectivity index (χ0) is 15.6. The summed E-state index contributed by atoms with van der Waals surface area (Å²) in [5, 5.41) is 13.6. The number of nitrogens with zero attached hydrogens (tertiary/aromatic N) is 1. The number of hydrogen-bond donors (Lipinski definition) is 2. The smallest absolute Gasteiger partial charge is 0.0681 e. The van der Waals surface area contributed by atoms with Crippen molar-refractivity contribution in [3.8, 4) is 0 Å². The number of rotatable bonds is 11. The van der Waals surface area contributed by atoms with E-state index in [1.807, 2.05) is 18.2 Å². The second-order valence-corrected chi connectivity index (χ2v) is 5.67. The van der Waals surface area contributed by atoms with Crippen LogP contribution in [0.2, 0.25) is 0 Å². The van der Waals surface area contributed by atoms with E-state index in [1.54, 1.807) is 0 Å². The number of hydrogen-bond acceptors (Lipinski definition) is 3. The highest BCUT2D eigenvalue weighted by molar-refractivity contribution is 5.24. The Kier molecular flexibility index (Phi) is 8.58. The minimum atomic E-state index is -0.324. The number of benzene rings is 1. The molecule has 0 saturated heterocycles. The van der Waals surface area contributed by atoms with Gasteiger partial charge in [-0.25, -0.2) is 0 Å². The van der Waals surface area contributed by atoms with E-state index in [0.29, 0.717) is 0 Å². The van der Waals surface area contributed by atoms with Gasteiger partial charge in [-0.3, -0.25) is 0 Å². The van der Waals surface area contributed by atoms with Crippen molar-refractivity contribution >= 4 is 0 Å². The number of aliphatic hydroxyl groups excluding tert-OH is 1. The van der Waals surface area contributed by atoms with Gasteiger partial charge in [0.05, 0.1) is 12.1 Å². The minimum Gasteiger partial charge on any atom is -0.394 e. The molecule has 0 aliphatic rings. The van der Waals surface area contributed by atoms with E-state index in [1.165, 1.54) is 18.4 Å². The molecule has 3 heteroatoms. The summed E-state index contributed by atoms with van der Waals surface area (Å²) in [4.78, 5) is 2.48. The lowest BCUT2D eigenvalue weighted by Gasteiger charge is -2.35. The molecular weight excluding hydrogens is 260 g/mol. The number of nitrogens with one attached hydrogen (secondary N) is 1. The van der Waals surface area contributed by atoms with Crippen LogP contribution in [0.3, 0.4) is 0 Å². The summed E-state index contributed by atoms with van der Waals surface area (Å²) in [6.45, 7) is 10.8. The normalized spacial score (nSPS) is 14.3. The van der Waals surface area contributed by atoms with Crippen molar-refractivity contribution in [2.24, 2.45) is 0 Å². The number of unbranched alkanes of at least 4 members (excludes halogenated alkanes) is 1. The van der Waals surface area contributed by atoms with Gasteiger partial charge in [0.15, 0.2) is 0 Å². The van der Waals surface area contributed by atoms with Gasteiger partial charge in [0.2, 0.25) is 0 Å². The molecule has 1 unspecified atom stereocenters. The van der Waals surface area contributed by atoms with Crippen LogP contribution < -0.4 is 5.32 Å². The Labute approximate surface area is 130 Å². The Bertz CT molecular complexity index is 369. The molecule has 0 heterocycles. The molecular formula is C18H32N2O. The third kappa shape index (κ3) is 5.42. The average Bonchev–Trinajstić information content (AvgIpc) is 2.54. The topological polar surface area (TPSA) is 35.5 Å². The van der Waals surface area contributed by atoms with Crippen LogP contribution in [0, 0.1) is 0 Å². The Morgan fingerprint density at radius 2 is 1.81 bits per heavy atom. The summed E-state index contributed by atoms with van der Waals surface area (Å²) in [5.74, 6) is 0. The summed E-state index contributed by atoms with van der Waals surface area (Å²) >= 11 is 0. The second-order valence-electron chi connectivity index (χ2n) is 5.67.